The molecule has 0 saturated carbocycles. The molecule has 8 nitrogen and oxygen atoms in total. The highest BCUT2D eigenvalue weighted by Gasteiger charge is 2.35. The van der Waals surface area contributed by atoms with Gasteiger partial charge in [0.05, 0.1) is 23.2 Å². The Balaban J connectivity index is 1.35. The van der Waals surface area contributed by atoms with Gasteiger partial charge >= 0.3 is 0 Å². The SMILES string of the molecule is CCn1c(SCC(=O)N2N=C(c3ccco3)CC2c2ccco2)nnc1-c1cccs1. The Morgan fingerprint density at radius 3 is 2.77 bits per heavy atom. The van der Waals surface area contributed by atoms with E-state index in [0.717, 1.165) is 23.0 Å². The van der Waals surface area contributed by atoms with Crippen LogP contribution in [-0.4, -0.2) is 37.1 Å². The minimum atomic E-state index is -0.297. The first-order valence-electron chi connectivity index (χ1n) is 9.81. The predicted octanol–water partition coefficient (Wildman–Crippen LogP) is 4.68. The molecule has 5 rings (SSSR count). The lowest BCUT2D eigenvalue weighted by Gasteiger charge is -2.19. The van der Waals surface area contributed by atoms with E-state index < -0.39 is 0 Å². The van der Waals surface area contributed by atoms with Crippen molar-refractivity contribution >= 4 is 34.7 Å². The van der Waals surface area contributed by atoms with Gasteiger partial charge in [-0.3, -0.25) is 4.79 Å². The average molecular weight is 454 g/mol. The van der Waals surface area contributed by atoms with Crippen LogP contribution in [0.5, 0.6) is 0 Å². The van der Waals surface area contributed by atoms with Gasteiger partial charge in [0.1, 0.15) is 23.3 Å². The third kappa shape index (κ3) is 3.84. The summed E-state index contributed by atoms with van der Waals surface area (Å²) in [5, 5.41) is 17.4. The van der Waals surface area contributed by atoms with Crippen molar-refractivity contribution in [2.45, 2.75) is 31.1 Å². The molecule has 1 aliphatic rings. The molecule has 0 saturated heterocycles. The monoisotopic (exact) mass is 453 g/mol. The van der Waals surface area contributed by atoms with Crippen molar-refractivity contribution < 1.29 is 13.6 Å². The number of rotatable bonds is 7. The highest BCUT2D eigenvalue weighted by Crippen LogP contribution is 2.34. The van der Waals surface area contributed by atoms with Gasteiger partial charge in [0, 0.05) is 13.0 Å². The standard InChI is InChI=1S/C21H19N5O3S2/c1-2-25-20(18-8-5-11-30-18)22-23-21(25)31-13-19(27)26-15(17-7-4-10-29-17)12-14(24-26)16-6-3-9-28-16/h3-11,15H,2,12-13H2,1H3. The molecule has 0 bridgehead atoms. The summed E-state index contributed by atoms with van der Waals surface area (Å²) in [6.07, 6.45) is 3.74. The van der Waals surface area contributed by atoms with Gasteiger partial charge < -0.3 is 13.4 Å². The first-order valence-corrected chi connectivity index (χ1v) is 11.7. The second kappa shape index (κ2) is 8.56. The molecule has 10 heteroatoms. The molecular formula is C21H19N5O3S2. The van der Waals surface area contributed by atoms with Crippen molar-refractivity contribution in [2.75, 3.05) is 5.75 Å². The summed E-state index contributed by atoms with van der Waals surface area (Å²) in [5.74, 6) is 2.23. The smallest absolute Gasteiger partial charge is 0.253 e. The van der Waals surface area contributed by atoms with Gasteiger partial charge in [0.2, 0.25) is 0 Å². The molecule has 1 unspecified atom stereocenters. The molecule has 158 valence electrons. The average Bonchev–Trinajstić information content (AvgIpc) is 3.62. The van der Waals surface area contributed by atoms with Crippen LogP contribution >= 0.6 is 23.1 Å². The fourth-order valence-electron chi connectivity index (χ4n) is 3.50. The molecule has 31 heavy (non-hydrogen) atoms. The number of hydrogen-bond donors (Lipinski definition) is 0. The molecule has 0 spiro atoms. The summed E-state index contributed by atoms with van der Waals surface area (Å²) < 4.78 is 13.1. The van der Waals surface area contributed by atoms with Gasteiger partial charge in [-0.2, -0.15) is 5.10 Å². The summed E-state index contributed by atoms with van der Waals surface area (Å²) >= 11 is 2.98. The molecule has 1 amide bonds. The Morgan fingerprint density at radius 2 is 2.06 bits per heavy atom. The number of amides is 1. The van der Waals surface area contributed by atoms with Crippen LogP contribution < -0.4 is 0 Å². The van der Waals surface area contributed by atoms with E-state index in [2.05, 4.69) is 15.3 Å². The number of nitrogens with zero attached hydrogens (tertiary/aromatic N) is 5. The minimum Gasteiger partial charge on any atom is -0.467 e. The van der Waals surface area contributed by atoms with Crippen molar-refractivity contribution in [1.82, 2.24) is 19.8 Å². The molecule has 0 aliphatic carbocycles. The minimum absolute atomic E-state index is 0.128. The van der Waals surface area contributed by atoms with Crippen LogP contribution in [-0.2, 0) is 11.3 Å². The Morgan fingerprint density at radius 1 is 1.19 bits per heavy atom. The zero-order chi connectivity index (χ0) is 21.2. The quantitative estimate of drug-likeness (QED) is 0.377. The Kier molecular flexibility index (Phi) is 5.47. The van der Waals surface area contributed by atoms with Crippen molar-refractivity contribution in [3.05, 3.63) is 65.8 Å². The van der Waals surface area contributed by atoms with E-state index >= 15 is 0 Å². The number of hydrazone groups is 1. The summed E-state index contributed by atoms with van der Waals surface area (Å²) in [4.78, 5) is 14.2. The fourth-order valence-corrected chi connectivity index (χ4v) is 5.07. The molecule has 0 fully saturated rings. The van der Waals surface area contributed by atoms with E-state index in [0.29, 0.717) is 23.1 Å². The van der Waals surface area contributed by atoms with Gasteiger partial charge in [-0.1, -0.05) is 17.8 Å². The van der Waals surface area contributed by atoms with E-state index in [1.165, 1.54) is 16.8 Å². The van der Waals surface area contributed by atoms with Crippen LogP contribution in [0, 0.1) is 0 Å². The maximum atomic E-state index is 13.1. The Bertz CT molecular complexity index is 1180. The second-order valence-corrected chi connectivity index (χ2v) is 8.70. The zero-order valence-corrected chi connectivity index (χ0v) is 18.3. The van der Waals surface area contributed by atoms with Gasteiger partial charge in [0.15, 0.2) is 11.0 Å². The van der Waals surface area contributed by atoms with E-state index in [9.17, 15) is 4.79 Å². The highest BCUT2D eigenvalue weighted by atomic mass is 32.2. The second-order valence-electron chi connectivity index (χ2n) is 6.81. The number of aromatic nitrogens is 3. The lowest BCUT2D eigenvalue weighted by Crippen LogP contribution is -2.28. The molecule has 0 radical (unpaired) electrons. The Labute approximate surface area is 186 Å². The number of thiophene rings is 1. The topological polar surface area (TPSA) is 89.7 Å². The van der Waals surface area contributed by atoms with Crippen LogP contribution in [0.2, 0.25) is 0 Å². The van der Waals surface area contributed by atoms with Gasteiger partial charge in [0.25, 0.3) is 5.91 Å². The third-order valence-corrected chi connectivity index (χ3v) is 6.76. The summed E-state index contributed by atoms with van der Waals surface area (Å²) in [5.41, 5.74) is 0.724. The van der Waals surface area contributed by atoms with Crippen LogP contribution in [0.3, 0.4) is 0 Å². The molecule has 1 aliphatic heterocycles. The lowest BCUT2D eigenvalue weighted by atomic mass is 10.1. The molecular weight excluding hydrogens is 434 g/mol. The third-order valence-electron chi connectivity index (χ3n) is 4.94. The lowest BCUT2D eigenvalue weighted by molar-refractivity contribution is -0.130. The number of carbonyl (C=O) groups is 1. The number of hydrogen-bond acceptors (Lipinski definition) is 8. The zero-order valence-electron chi connectivity index (χ0n) is 16.7. The van der Waals surface area contributed by atoms with Crippen molar-refractivity contribution in [1.29, 1.82) is 0 Å². The van der Waals surface area contributed by atoms with E-state index in [1.54, 1.807) is 23.9 Å². The fraction of sp³-hybridized carbons (Fsp3) is 0.238. The van der Waals surface area contributed by atoms with Crippen LogP contribution in [0.4, 0.5) is 0 Å². The molecule has 0 N–H and O–H groups in total. The van der Waals surface area contributed by atoms with Gasteiger partial charge in [-0.15, -0.1) is 21.5 Å². The maximum Gasteiger partial charge on any atom is 0.253 e. The first kappa shape index (κ1) is 19.8. The normalized spacial score (nSPS) is 16.1. The highest BCUT2D eigenvalue weighted by molar-refractivity contribution is 7.99. The summed E-state index contributed by atoms with van der Waals surface area (Å²) in [6.45, 7) is 2.76. The summed E-state index contributed by atoms with van der Waals surface area (Å²) in [6, 6.07) is 11.0. The van der Waals surface area contributed by atoms with Crippen molar-refractivity contribution in [3.63, 3.8) is 0 Å². The number of furan rings is 2. The van der Waals surface area contributed by atoms with Crippen LogP contribution in [0.15, 0.2) is 73.4 Å². The first-order chi connectivity index (χ1) is 15.2. The van der Waals surface area contributed by atoms with Gasteiger partial charge in [-0.25, -0.2) is 5.01 Å². The van der Waals surface area contributed by atoms with E-state index in [4.69, 9.17) is 8.83 Å². The molecule has 4 aromatic heterocycles. The van der Waals surface area contributed by atoms with E-state index in [1.807, 2.05) is 53.3 Å². The van der Waals surface area contributed by atoms with Crippen LogP contribution in [0.1, 0.15) is 30.9 Å². The van der Waals surface area contributed by atoms with E-state index in [-0.39, 0.29) is 17.7 Å². The molecule has 0 aromatic carbocycles. The Hall–Kier alpha value is -3.11. The van der Waals surface area contributed by atoms with Crippen molar-refractivity contribution in [3.8, 4) is 10.7 Å². The molecule has 1 atom stereocenters. The number of thioether (sulfide) groups is 1. The van der Waals surface area contributed by atoms with Crippen LogP contribution in [0.25, 0.3) is 10.7 Å². The maximum absolute atomic E-state index is 13.1. The van der Waals surface area contributed by atoms with Crippen molar-refractivity contribution in [2.24, 2.45) is 5.10 Å². The van der Waals surface area contributed by atoms with Gasteiger partial charge in [-0.05, 0) is 42.6 Å². The largest absolute Gasteiger partial charge is 0.467 e. The number of carbonyl (C=O) groups excluding carboxylic acids is 1. The summed E-state index contributed by atoms with van der Waals surface area (Å²) in [7, 11) is 0. The predicted molar refractivity (Wildman–Crippen MR) is 118 cm³/mol. The molecule has 4 aromatic rings. The molecule has 5 heterocycles.